The van der Waals surface area contributed by atoms with Gasteiger partial charge in [-0.05, 0) is 0 Å². The predicted molar refractivity (Wildman–Crippen MR) is 158 cm³/mol. The van der Waals surface area contributed by atoms with Gasteiger partial charge in [-0.25, -0.2) is 0 Å². The summed E-state index contributed by atoms with van der Waals surface area (Å²) in [6.45, 7) is 13.2. The molecular formula is C36H39OTi. The van der Waals surface area contributed by atoms with Crippen molar-refractivity contribution in [2.24, 2.45) is 0 Å². The zero-order chi connectivity index (χ0) is 26.8. The fourth-order valence-corrected chi connectivity index (χ4v) is 13.8. The van der Waals surface area contributed by atoms with Crippen molar-refractivity contribution in [1.82, 2.24) is 0 Å². The van der Waals surface area contributed by atoms with Gasteiger partial charge in [0.2, 0.25) is 0 Å². The standard InChI is InChI=1S/C20H21.2C7H7.C2H4O.Ti/c1-14-12-16-6-5-7-18(19(16)13-14)15-8-10-17(11-9-15)20(2,3)4;2*1-7-5-3-2-4-6-7;1-2-3;/h5-13H,1-4H3;2*2-6H,1H2;2H,1H3;/q;;;-1;+1. The summed E-state index contributed by atoms with van der Waals surface area (Å²) in [5.74, 6) is 0. The molecule has 0 heterocycles. The Kier molecular flexibility index (Phi) is 7.91. The molecule has 4 aromatic rings. The van der Waals surface area contributed by atoms with Crippen molar-refractivity contribution >= 4 is 6.08 Å². The molecule has 0 aromatic heterocycles. The molecule has 38 heavy (non-hydrogen) atoms. The van der Waals surface area contributed by atoms with E-state index in [0.29, 0.717) is 4.22 Å². The summed E-state index contributed by atoms with van der Waals surface area (Å²) < 4.78 is 9.33. The second-order valence-corrected chi connectivity index (χ2v) is 17.4. The molecule has 2 heteroatoms. The molecule has 1 aliphatic carbocycles. The summed E-state index contributed by atoms with van der Waals surface area (Å²) in [4.78, 5) is 0. The van der Waals surface area contributed by atoms with E-state index in [1.54, 1.807) is 0 Å². The summed E-state index contributed by atoms with van der Waals surface area (Å²) in [6, 6.07) is 38.0. The van der Waals surface area contributed by atoms with Gasteiger partial charge in [-0.3, -0.25) is 0 Å². The molecular weight excluding hydrogens is 496 g/mol. The van der Waals surface area contributed by atoms with E-state index in [1.807, 2.05) is 6.61 Å². The third-order valence-electron chi connectivity index (χ3n) is 7.91. The first-order valence-corrected chi connectivity index (χ1v) is 17.5. The molecule has 0 amide bonds. The van der Waals surface area contributed by atoms with Crippen LogP contribution in [0.2, 0.25) is 0 Å². The zero-order valence-corrected chi connectivity index (χ0v) is 24.9. The van der Waals surface area contributed by atoms with E-state index >= 15 is 0 Å². The van der Waals surface area contributed by atoms with Crippen molar-refractivity contribution in [2.75, 3.05) is 0 Å². The molecule has 0 spiro atoms. The van der Waals surface area contributed by atoms with Crippen molar-refractivity contribution in [3.05, 3.63) is 143 Å². The monoisotopic (exact) mass is 535 g/mol. The summed E-state index contributed by atoms with van der Waals surface area (Å²) in [5.41, 5.74) is 11.1. The molecule has 1 unspecified atom stereocenters. The van der Waals surface area contributed by atoms with Crippen LogP contribution in [0.15, 0.2) is 109 Å². The van der Waals surface area contributed by atoms with Gasteiger partial charge in [0.15, 0.2) is 0 Å². The summed E-state index contributed by atoms with van der Waals surface area (Å²) >= 11 is -3.14. The maximum absolute atomic E-state index is 6.97. The van der Waals surface area contributed by atoms with E-state index in [0.717, 1.165) is 9.45 Å². The second-order valence-electron chi connectivity index (χ2n) is 11.7. The van der Waals surface area contributed by atoms with Gasteiger partial charge in [-0.1, -0.05) is 0 Å². The van der Waals surface area contributed by atoms with Crippen molar-refractivity contribution in [1.29, 1.82) is 0 Å². The summed E-state index contributed by atoms with van der Waals surface area (Å²) in [7, 11) is 0. The molecule has 1 atom stereocenters. The molecule has 0 saturated carbocycles. The zero-order valence-electron chi connectivity index (χ0n) is 23.4. The molecule has 1 nitrogen and oxygen atoms in total. The van der Waals surface area contributed by atoms with Crippen LogP contribution in [-0.4, -0.2) is 0 Å². The molecule has 1 radical (unpaired) electrons. The molecule has 0 bridgehead atoms. The maximum atomic E-state index is 6.97. The number of benzene rings is 4. The van der Waals surface area contributed by atoms with Crippen LogP contribution >= 0.6 is 0 Å². The normalized spacial score (nSPS) is 15.3. The van der Waals surface area contributed by atoms with E-state index in [4.69, 9.17) is 3.32 Å². The third-order valence-corrected chi connectivity index (χ3v) is 15.0. The third kappa shape index (κ3) is 5.52. The Bertz CT molecular complexity index is 1350. The Balaban J connectivity index is 1.62. The van der Waals surface area contributed by atoms with Gasteiger partial charge in [0.05, 0.1) is 0 Å². The fraction of sp³-hybridized carbons (Fsp3) is 0.250. The van der Waals surface area contributed by atoms with Crippen LogP contribution in [-0.2, 0) is 35.2 Å². The molecule has 0 saturated heterocycles. The van der Waals surface area contributed by atoms with Gasteiger partial charge in [-0.2, -0.15) is 0 Å². The van der Waals surface area contributed by atoms with E-state index in [2.05, 4.69) is 144 Å². The van der Waals surface area contributed by atoms with Gasteiger partial charge in [0, 0.05) is 0 Å². The van der Waals surface area contributed by atoms with E-state index in [-0.39, 0.29) is 5.41 Å². The van der Waals surface area contributed by atoms with Gasteiger partial charge < -0.3 is 0 Å². The number of hydrogen-bond acceptors (Lipinski definition) is 1. The molecule has 1 aliphatic rings. The SMILES string of the molecule is C[CH][O][Ti]([CH2]c1ccccc1)([CH2]c1ccccc1)[CH]1C(C)=Cc2c(-c3ccc(C(C)(C)C)cc3)cccc21. The van der Waals surface area contributed by atoms with Crippen molar-refractivity contribution in [2.45, 2.75) is 53.7 Å². The van der Waals surface area contributed by atoms with E-state index in [9.17, 15) is 0 Å². The minimum absolute atomic E-state index is 0.148. The van der Waals surface area contributed by atoms with Crippen LogP contribution in [0.4, 0.5) is 0 Å². The average Bonchev–Trinajstić information content (AvgIpc) is 3.26. The number of allylic oxidation sites excluding steroid dienone is 1. The van der Waals surface area contributed by atoms with Gasteiger partial charge in [-0.15, -0.1) is 0 Å². The van der Waals surface area contributed by atoms with Crippen LogP contribution in [0.1, 0.15) is 66.7 Å². The Hall–Kier alpha value is -2.71. The minimum atomic E-state index is -3.14. The van der Waals surface area contributed by atoms with Crippen LogP contribution in [0.5, 0.6) is 0 Å². The Labute approximate surface area is 233 Å². The summed E-state index contributed by atoms with van der Waals surface area (Å²) in [6.07, 6.45) is 2.45. The quantitative estimate of drug-likeness (QED) is 0.204. The van der Waals surface area contributed by atoms with Crippen LogP contribution in [0.25, 0.3) is 17.2 Å². The molecule has 4 aromatic carbocycles. The first-order chi connectivity index (χ1) is 18.3. The molecule has 193 valence electrons. The topological polar surface area (TPSA) is 9.23 Å². The molecule has 0 N–H and O–H groups in total. The molecule has 5 rings (SSSR count). The molecule has 0 aliphatic heterocycles. The van der Waals surface area contributed by atoms with E-state index < -0.39 is 17.0 Å². The average molecular weight is 536 g/mol. The summed E-state index contributed by atoms with van der Waals surface area (Å²) in [5, 5.41) is 0. The van der Waals surface area contributed by atoms with Crippen molar-refractivity contribution in [3.63, 3.8) is 0 Å². The van der Waals surface area contributed by atoms with Gasteiger partial charge in [0.1, 0.15) is 0 Å². The van der Waals surface area contributed by atoms with Gasteiger partial charge in [0.25, 0.3) is 0 Å². The van der Waals surface area contributed by atoms with Crippen LogP contribution in [0.3, 0.4) is 0 Å². The first kappa shape index (κ1) is 26.9. The number of fused-ring (bicyclic) bond motifs is 1. The van der Waals surface area contributed by atoms with Gasteiger partial charge >= 0.3 is 234 Å². The molecule has 0 fully saturated rings. The second kappa shape index (κ2) is 11.2. The Morgan fingerprint density at radius 3 is 1.84 bits per heavy atom. The van der Waals surface area contributed by atoms with E-state index in [1.165, 1.54) is 44.5 Å². The Morgan fingerprint density at radius 1 is 0.737 bits per heavy atom. The van der Waals surface area contributed by atoms with Crippen LogP contribution < -0.4 is 0 Å². The number of rotatable bonds is 8. The fourth-order valence-electron chi connectivity index (χ4n) is 6.19. The van der Waals surface area contributed by atoms with Crippen molar-refractivity contribution < 1.29 is 20.3 Å². The predicted octanol–water partition coefficient (Wildman–Crippen LogP) is 9.78. The van der Waals surface area contributed by atoms with Crippen LogP contribution in [0, 0.1) is 6.61 Å². The Morgan fingerprint density at radius 2 is 1.32 bits per heavy atom. The number of hydrogen-bond donors (Lipinski definition) is 0. The first-order valence-electron chi connectivity index (χ1n) is 13.8. The van der Waals surface area contributed by atoms with Crippen molar-refractivity contribution in [3.8, 4) is 11.1 Å².